The highest BCUT2D eigenvalue weighted by Crippen LogP contribution is 2.53. The fraction of sp³-hybridized carbons (Fsp3) is 0.207. The van der Waals surface area contributed by atoms with Crippen LogP contribution in [0, 0.1) is 23.7 Å². The van der Waals surface area contributed by atoms with E-state index in [1.165, 1.54) is 4.90 Å². The number of nitrogens with zero attached hydrogens (tertiary/aromatic N) is 1. The molecule has 6 rings (SSSR count). The van der Waals surface area contributed by atoms with Crippen LogP contribution in [0.1, 0.15) is 22.3 Å². The number of carbonyl (C=O) groups is 3. The summed E-state index contributed by atoms with van der Waals surface area (Å²) < 4.78 is 11.2. The Morgan fingerprint density at radius 1 is 0.771 bits per heavy atom. The first-order chi connectivity index (χ1) is 17.1. The van der Waals surface area contributed by atoms with E-state index in [4.69, 9.17) is 9.47 Å². The molecule has 3 aromatic rings. The van der Waals surface area contributed by atoms with E-state index in [0.29, 0.717) is 29.4 Å². The molecule has 1 saturated carbocycles. The first kappa shape index (κ1) is 21.4. The molecule has 35 heavy (non-hydrogen) atoms. The van der Waals surface area contributed by atoms with Crippen LogP contribution < -0.4 is 14.4 Å². The van der Waals surface area contributed by atoms with Gasteiger partial charge in [-0.15, -0.1) is 0 Å². The molecule has 1 aliphatic heterocycles. The van der Waals surface area contributed by atoms with Gasteiger partial charge in [0.15, 0.2) is 0 Å². The van der Waals surface area contributed by atoms with Gasteiger partial charge in [0.1, 0.15) is 18.1 Å². The number of para-hydroxylation sites is 1. The number of ether oxygens (including phenoxy) is 2. The molecule has 3 aliphatic rings. The highest BCUT2D eigenvalue weighted by Gasteiger charge is 2.59. The van der Waals surface area contributed by atoms with Crippen molar-refractivity contribution >= 4 is 23.5 Å². The molecule has 6 nitrogen and oxygen atoms in total. The Kier molecular flexibility index (Phi) is 5.21. The fourth-order valence-electron chi connectivity index (χ4n) is 5.41. The van der Waals surface area contributed by atoms with E-state index >= 15 is 0 Å². The van der Waals surface area contributed by atoms with Crippen molar-refractivity contribution in [1.82, 2.24) is 0 Å². The van der Waals surface area contributed by atoms with Crippen molar-refractivity contribution in [3.05, 3.63) is 102 Å². The molecule has 2 aliphatic carbocycles. The average Bonchev–Trinajstić information content (AvgIpc) is 3.58. The van der Waals surface area contributed by atoms with Gasteiger partial charge in [0.2, 0.25) is 11.8 Å². The van der Waals surface area contributed by atoms with Crippen molar-refractivity contribution in [2.45, 2.75) is 13.0 Å². The maximum absolute atomic E-state index is 13.0. The third kappa shape index (κ3) is 3.81. The number of hydrogen-bond acceptors (Lipinski definition) is 5. The van der Waals surface area contributed by atoms with Crippen LogP contribution in [0.15, 0.2) is 91.0 Å². The van der Waals surface area contributed by atoms with Crippen LogP contribution in [0.25, 0.3) is 0 Å². The Morgan fingerprint density at radius 3 is 2.03 bits per heavy atom. The Bertz CT molecular complexity index is 1280. The molecular formula is C29H23NO5. The summed E-state index contributed by atoms with van der Waals surface area (Å²) in [5.74, 6) is 0.510. The van der Waals surface area contributed by atoms with Crippen molar-refractivity contribution < 1.29 is 23.9 Å². The maximum Gasteiger partial charge on any atom is 0.343 e. The summed E-state index contributed by atoms with van der Waals surface area (Å²) >= 11 is 0. The first-order valence-corrected chi connectivity index (χ1v) is 11.7. The van der Waals surface area contributed by atoms with E-state index in [1.54, 1.807) is 48.5 Å². The lowest BCUT2D eigenvalue weighted by molar-refractivity contribution is -0.123. The second-order valence-electron chi connectivity index (χ2n) is 9.19. The highest BCUT2D eigenvalue weighted by atomic mass is 16.5. The molecule has 2 amide bonds. The van der Waals surface area contributed by atoms with Crippen molar-refractivity contribution in [3.8, 4) is 11.5 Å². The Labute approximate surface area is 202 Å². The molecule has 0 spiro atoms. The zero-order chi connectivity index (χ0) is 23.9. The fourth-order valence-corrected chi connectivity index (χ4v) is 5.41. The molecule has 1 saturated heterocycles. The summed E-state index contributed by atoms with van der Waals surface area (Å²) in [6.07, 6.45) is 5.11. The second-order valence-corrected chi connectivity index (χ2v) is 9.19. The van der Waals surface area contributed by atoms with Gasteiger partial charge in [-0.25, -0.2) is 4.79 Å². The van der Waals surface area contributed by atoms with E-state index in [1.807, 2.05) is 30.3 Å². The molecular weight excluding hydrogens is 442 g/mol. The van der Waals surface area contributed by atoms with Gasteiger partial charge in [0, 0.05) is 0 Å². The van der Waals surface area contributed by atoms with Crippen molar-refractivity contribution in [2.75, 3.05) is 4.90 Å². The third-order valence-corrected chi connectivity index (χ3v) is 7.11. The molecule has 0 radical (unpaired) electrons. The third-order valence-electron chi connectivity index (χ3n) is 7.11. The topological polar surface area (TPSA) is 72.9 Å². The number of benzene rings is 3. The highest BCUT2D eigenvalue weighted by molar-refractivity contribution is 6.22. The predicted molar refractivity (Wildman–Crippen MR) is 129 cm³/mol. The standard InChI is InChI=1S/C29H23NO5/c31-27-25-20-10-11-21(16-20)26(25)28(32)30(27)22-12-14-23(15-13-22)34-17-18-6-8-19(9-7-18)29(33)35-24-4-2-1-3-5-24/h1-15,20-21,25-26H,16-17H2/t20-,21+,25-,26+. The van der Waals surface area contributed by atoms with Crippen molar-refractivity contribution in [3.63, 3.8) is 0 Å². The molecule has 4 atom stereocenters. The summed E-state index contributed by atoms with van der Waals surface area (Å²) in [4.78, 5) is 39.6. The summed E-state index contributed by atoms with van der Waals surface area (Å²) in [6.45, 7) is 0.314. The summed E-state index contributed by atoms with van der Waals surface area (Å²) in [5.41, 5.74) is 1.93. The maximum atomic E-state index is 13.0. The lowest BCUT2D eigenvalue weighted by atomic mass is 9.85. The van der Waals surface area contributed by atoms with Gasteiger partial charge in [-0.05, 0) is 72.4 Å². The van der Waals surface area contributed by atoms with Crippen LogP contribution in [-0.2, 0) is 16.2 Å². The lowest BCUT2D eigenvalue weighted by Gasteiger charge is -2.17. The summed E-state index contributed by atoms with van der Waals surface area (Å²) in [7, 11) is 0. The van der Waals surface area contributed by atoms with E-state index in [2.05, 4.69) is 12.2 Å². The van der Waals surface area contributed by atoms with Crippen LogP contribution in [0.2, 0.25) is 0 Å². The average molecular weight is 466 g/mol. The predicted octanol–water partition coefficient (Wildman–Crippen LogP) is 4.80. The lowest BCUT2D eigenvalue weighted by Crippen LogP contribution is -2.32. The Balaban J connectivity index is 1.07. The normalized spacial score (nSPS) is 24.1. The molecule has 3 aromatic carbocycles. The number of anilines is 1. The molecule has 174 valence electrons. The van der Waals surface area contributed by atoms with Gasteiger partial charge in [0.05, 0.1) is 23.1 Å². The summed E-state index contributed by atoms with van der Waals surface area (Å²) in [6, 6.07) is 23.0. The number of carbonyl (C=O) groups excluding carboxylic acids is 3. The minimum atomic E-state index is -0.418. The van der Waals surface area contributed by atoms with E-state index < -0.39 is 5.97 Å². The largest absolute Gasteiger partial charge is 0.489 e. The first-order valence-electron chi connectivity index (χ1n) is 11.7. The number of amides is 2. The van der Waals surface area contributed by atoms with Gasteiger partial charge in [-0.2, -0.15) is 0 Å². The molecule has 0 N–H and O–H groups in total. The zero-order valence-corrected chi connectivity index (χ0v) is 18.9. The van der Waals surface area contributed by atoms with E-state index in [9.17, 15) is 14.4 Å². The summed E-state index contributed by atoms with van der Waals surface area (Å²) in [5, 5.41) is 0. The van der Waals surface area contributed by atoms with Crippen LogP contribution >= 0.6 is 0 Å². The monoisotopic (exact) mass is 465 g/mol. The van der Waals surface area contributed by atoms with E-state index in [-0.39, 0.29) is 35.5 Å². The molecule has 1 heterocycles. The van der Waals surface area contributed by atoms with Gasteiger partial charge >= 0.3 is 5.97 Å². The van der Waals surface area contributed by atoms with Crippen LogP contribution in [0.4, 0.5) is 5.69 Å². The number of fused-ring (bicyclic) bond motifs is 5. The molecule has 2 fully saturated rings. The number of hydrogen-bond donors (Lipinski definition) is 0. The van der Waals surface area contributed by atoms with Gasteiger partial charge in [-0.3, -0.25) is 14.5 Å². The number of allylic oxidation sites excluding steroid dienone is 2. The zero-order valence-electron chi connectivity index (χ0n) is 18.9. The van der Waals surface area contributed by atoms with Crippen LogP contribution in [0.5, 0.6) is 11.5 Å². The van der Waals surface area contributed by atoms with Crippen LogP contribution in [-0.4, -0.2) is 17.8 Å². The quantitative estimate of drug-likeness (QED) is 0.226. The minimum absolute atomic E-state index is 0.0867. The molecule has 0 unspecified atom stereocenters. The van der Waals surface area contributed by atoms with Crippen LogP contribution in [0.3, 0.4) is 0 Å². The smallest absolute Gasteiger partial charge is 0.343 e. The number of imide groups is 1. The Hall–Kier alpha value is -4.19. The van der Waals surface area contributed by atoms with Crippen molar-refractivity contribution in [2.24, 2.45) is 23.7 Å². The van der Waals surface area contributed by atoms with Crippen molar-refractivity contribution in [1.29, 1.82) is 0 Å². The van der Waals surface area contributed by atoms with E-state index in [0.717, 1.165) is 12.0 Å². The molecule has 6 heteroatoms. The minimum Gasteiger partial charge on any atom is -0.489 e. The second kappa shape index (κ2) is 8.55. The van der Waals surface area contributed by atoms with Gasteiger partial charge in [0.25, 0.3) is 0 Å². The Morgan fingerprint density at radius 2 is 1.40 bits per heavy atom. The van der Waals surface area contributed by atoms with Gasteiger partial charge < -0.3 is 9.47 Å². The number of rotatable bonds is 6. The SMILES string of the molecule is O=C(Oc1ccccc1)c1ccc(COc2ccc(N3C(=O)[C@@H]4[C@H](C3=O)[C@@H]3C=C[C@H]4C3)cc2)cc1. The number of esters is 1. The molecule has 0 aromatic heterocycles. The molecule has 2 bridgehead atoms. The van der Waals surface area contributed by atoms with Gasteiger partial charge in [-0.1, -0.05) is 42.5 Å².